The molecule has 142 valence electrons. The van der Waals surface area contributed by atoms with E-state index in [0.29, 0.717) is 0 Å². The van der Waals surface area contributed by atoms with Crippen LogP contribution in [0.25, 0.3) is 0 Å². The maximum Gasteiger partial charge on any atom is 0.231 e. The van der Waals surface area contributed by atoms with E-state index in [4.69, 9.17) is 9.97 Å². The van der Waals surface area contributed by atoms with E-state index in [1.165, 1.54) is 35.2 Å². The molecule has 28 heavy (non-hydrogen) atoms. The van der Waals surface area contributed by atoms with Gasteiger partial charge in [-0.3, -0.25) is 0 Å². The highest BCUT2D eigenvalue weighted by molar-refractivity contribution is 5.61. The molecule has 0 bridgehead atoms. The first kappa shape index (κ1) is 17.2. The highest BCUT2D eigenvalue weighted by Gasteiger charge is 2.25. The molecule has 2 aromatic carbocycles. The maximum atomic E-state index is 5.10. The van der Waals surface area contributed by atoms with Crippen LogP contribution in [-0.4, -0.2) is 23.6 Å². The number of benzene rings is 2. The summed E-state index contributed by atoms with van der Waals surface area (Å²) in [6, 6.07) is 19.2. The van der Waals surface area contributed by atoms with E-state index in [2.05, 4.69) is 65.4 Å². The third-order valence-corrected chi connectivity index (χ3v) is 6.02. The van der Waals surface area contributed by atoms with Crippen molar-refractivity contribution in [1.29, 1.82) is 0 Å². The highest BCUT2D eigenvalue weighted by Crippen LogP contribution is 2.33. The topological polar surface area (TPSA) is 32.3 Å². The molecule has 0 spiro atoms. The zero-order valence-corrected chi connectivity index (χ0v) is 16.4. The SMILES string of the molecule is CN(c1ccccc1)c1nc2c(c(N3CCc4ccccc4C3)n1)CCCC2. The molecule has 5 rings (SSSR count). The zero-order chi connectivity index (χ0) is 18.9. The fourth-order valence-electron chi connectivity index (χ4n) is 4.42. The number of hydrogen-bond donors (Lipinski definition) is 0. The number of fused-ring (bicyclic) bond motifs is 2. The molecular formula is C24H26N4. The summed E-state index contributed by atoms with van der Waals surface area (Å²) in [5.74, 6) is 1.96. The summed E-state index contributed by atoms with van der Waals surface area (Å²) in [6.07, 6.45) is 5.70. The van der Waals surface area contributed by atoms with Crippen LogP contribution in [0.3, 0.4) is 0 Å². The molecular weight excluding hydrogens is 344 g/mol. The van der Waals surface area contributed by atoms with Crippen molar-refractivity contribution in [3.8, 4) is 0 Å². The number of anilines is 3. The predicted octanol–water partition coefficient (Wildman–Crippen LogP) is 4.69. The fraction of sp³-hybridized carbons (Fsp3) is 0.333. The van der Waals surface area contributed by atoms with Crippen LogP contribution in [-0.2, 0) is 25.8 Å². The normalized spacial score (nSPS) is 15.7. The van der Waals surface area contributed by atoms with Crippen molar-refractivity contribution in [2.75, 3.05) is 23.4 Å². The zero-order valence-electron chi connectivity index (χ0n) is 16.4. The van der Waals surface area contributed by atoms with Crippen LogP contribution >= 0.6 is 0 Å². The van der Waals surface area contributed by atoms with Crippen LogP contribution in [0.15, 0.2) is 54.6 Å². The Morgan fingerprint density at radius 1 is 0.821 bits per heavy atom. The van der Waals surface area contributed by atoms with Crippen molar-refractivity contribution in [2.24, 2.45) is 0 Å². The lowest BCUT2D eigenvalue weighted by Crippen LogP contribution is -2.33. The van der Waals surface area contributed by atoms with Gasteiger partial charge < -0.3 is 9.80 Å². The Morgan fingerprint density at radius 2 is 1.57 bits per heavy atom. The summed E-state index contributed by atoms with van der Waals surface area (Å²) in [7, 11) is 2.06. The maximum absolute atomic E-state index is 5.10. The van der Waals surface area contributed by atoms with Gasteiger partial charge in [0.2, 0.25) is 5.95 Å². The Labute approximate surface area is 166 Å². The first-order valence-electron chi connectivity index (χ1n) is 10.3. The second kappa shape index (κ2) is 7.27. The molecule has 4 heteroatoms. The molecule has 1 aliphatic carbocycles. The Hall–Kier alpha value is -2.88. The molecule has 3 aromatic rings. The molecule has 0 saturated carbocycles. The van der Waals surface area contributed by atoms with E-state index in [1.54, 1.807) is 0 Å². The molecule has 0 unspecified atom stereocenters. The van der Waals surface area contributed by atoms with Gasteiger partial charge in [0.1, 0.15) is 5.82 Å². The van der Waals surface area contributed by atoms with Crippen molar-refractivity contribution in [3.05, 3.63) is 77.0 Å². The summed E-state index contributed by atoms with van der Waals surface area (Å²) >= 11 is 0. The van der Waals surface area contributed by atoms with E-state index in [0.717, 1.165) is 49.8 Å². The molecule has 0 saturated heterocycles. The van der Waals surface area contributed by atoms with Gasteiger partial charge in [-0.15, -0.1) is 0 Å². The van der Waals surface area contributed by atoms with Crippen LogP contribution in [0.1, 0.15) is 35.2 Å². The van der Waals surface area contributed by atoms with Gasteiger partial charge in [-0.2, -0.15) is 4.98 Å². The highest BCUT2D eigenvalue weighted by atomic mass is 15.3. The monoisotopic (exact) mass is 370 g/mol. The van der Waals surface area contributed by atoms with Crippen LogP contribution in [0.5, 0.6) is 0 Å². The minimum atomic E-state index is 0.806. The summed E-state index contributed by atoms with van der Waals surface area (Å²) in [4.78, 5) is 14.7. The molecule has 0 amide bonds. The molecule has 0 atom stereocenters. The van der Waals surface area contributed by atoms with Crippen molar-refractivity contribution >= 4 is 17.5 Å². The van der Waals surface area contributed by atoms with E-state index in [9.17, 15) is 0 Å². The quantitative estimate of drug-likeness (QED) is 0.670. The van der Waals surface area contributed by atoms with Crippen molar-refractivity contribution in [2.45, 2.75) is 38.6 Å². The molecule has 0 radical (unpaired) electrons. The van der Waals surface area contributed by atoms with E-state index >= 15 is 0 Å². The number of nitrogens with zero attached hydrogens (tertiary/aromatic N) is 4. The van der Waals surface area contributed by atoms with E-state index in [-0.39, 0.29) is 0 Å². The lowest BCUT2D eigenvalue weighted by Gasteiger charge is -2.33. The molecule has 2 aliphatic rings. The molecule has 4 nitrogen and oxygen atoms in total. The first-order chi connectivity index (χ1) is 13.8. The number of para-hydroxylation sites is 1. The summed E-state index contributed by atoms with van der Waals surface area (Å²) < 4.78 is 0. The number of aromatic nitrogens is 2. The van der Waals surface area contributed by atoms with E-state index < -0.39 is 0 Å². The Bertz CT molecular complexity index is 983. The smallest absolute Gasteiger partial charge is 0.231 e. The summed E-state index contributed by atoms with van der Waals surface area (Å²) in [5, 5.41) is 0. The molecule has 0 N–H and O–H groups in total. The fourth-order valence-corrected chi connectivity index (χ4v) is 4.42. The second-order valence-electron chi connectivity index (χ2n) is 7.81. The van der Waals surface area contributed by atoms with Gasteiger partial charge in [-0.05, 0) is 55.4 Å². The first-order valence-corrected chi connectivity index (χ1v) is 10.3. The Kier molecular flexibility index (Phi) is 4.47. The van der Waals surface area contributed by atoms with Crippen molar-refractivity contribution < 1.29 is 0 Å². The van der Waals surface area contributed by atoms with Crippen LogP contribution < -0.4 is 9.80 Å². The average Bonchev–Trinajstić information content (AvgIpc) is 2.78. The average molecular weight is 371 g/mol. The van der Waals surface area contributed by atoms with E-state index in [1.807, 2.05) is 6.07 Å². The van der Waals surface area contributed by atoms with Gasteiger partial charge in [-0.1, -0.05) is 42.5 Å². The second-order valence-corrected chi connectivity index (χ2v) is 7.81. The predicted molar refractivity (Wildman–Crippen MR) is 114 cm³/mol. The van der Waals surface area contributed by atoms with Gasteiger partial charge in [0.05, 0.1) is 5.69 Å². The van der Waals surface area contributed by atoms with Gasteiger partial charge in [0.25, 0.3) is 0 Å². The minimum Gasteiger partial charge on any atom is -0.352 e. The van der Waals surface area contributed by atoms with Crippen molar-refractivity contribution in [3.63, 3.8) is 0 Å². The number of aryl methyl sites for hydroxylation is 1. The lowest BCUT2D eigenvalue weighted by molar-refractivity contribution is 0.645. The molecule has 2 heterocycles. The van der Waals surface area contributed by atoms with Gasteiger partial charge in [0, 0.05) is 31.4 Å². The minimum absolute atomic E-state index is 0.806. The lowest BCUT2D eigenvalue weighted by atomic mass is 9.94. The van der Waals surface area contributed by atoms with Gasteiger partial charge in [0.15, 0.2) is 0 Å². The largest absolute Gasteiger partial charge is 0.352 e. The third kappa shape index (κ3) is 3.13. The Balaban J connectivity index is 1.55. The van der Waals surface area contributed by atoms with Crippen LogP contribution in [0.4, 0.5) is 17.5 Å². The number of rotatable bonds is 3. The van der Waals surface area contributed by atoms with Gasteiger partial charge >= 0.3 is 0 Å². The van der Waals surface area contributed by atoms with Crippen LogP contribution in [0, 0.1) is 0 Å². The van der Waals surface area contributed by atoms with Gasteiger partial charge in [-0.25, -0.2) is 4.98 Å². The Morgan fingerprint density at radius 3 is 2.43 bits per heavy atom. The van der Waals surface area contributed by atoms with Crippen molar-refractivity contribution in [1.82, 2.24) is 9.97 Å². The van der Waals surface area contributed by atoms with Crippen LogP contribution in [0.2, 0.25) is 0 Å². The number of hydrogen-bond acceptors (Lipinski definition) is 4. The summed E-state index contributed by atoms with van der Waals surface area (Å²) in [5.41, 5.74) is 6.63. The molecule has 0 fully saturated rings. The molecule has 1 aliphatic heterocycles. The molecule has 1 aromatic heterocycles. The summed E-state index contributed by atoms with van der Waals surface area (Å²) in [6.45, 7) is 1.96. The third-order valence-electron chi connectivity index (χ3n) is 6.02. The standard InChI is InChI=1S/C24H26N4/c1-27(20-11-3-2-4-12-20)24-25-22-14-8-7-13-21(22)23(26-24)28-16-15-18-9-5-6-10-19(18)17-28/h2-6,9-12H,7-8,13-17H2,1H3.